The minimum Gasteiger partial charge on any atom is -0.395 e. The van der Waals surface area contributed by atoms with Crippen molar-refractivity contribution in [2.45, 2.75) is 64.4 Å². The molecule has 0 amide bonds. The molecule has 6 fully saturated rings. The molecule has 140 valence electrons. The Morgan fingerprint density at radius 1 is 1.08 bits per heavy atom. The smallest absolute Gasteiger partial charge is 0.0809 e. The molecular weight excluding hydrogens is 310 g/mol. The van der Waals surface area contributed by atoms with Crippen molar-refractivity contribution in [1.29, 1.82) is 0 Å². The minimum atomic E-state index is -0.262. The number of piperidine rings is 1. The molecule has 5 saturated carbocycles. The highest BCUT2D eigenvalue weighted by Crippen LogP contribution is 2.73. The van der Waals surface area contributed by atoms with Crippen molar-refractivity contribution < 1.29 is 10.2 Å². The normalized spacial score (nSPS) is 54.9. The monoisotopic (exact) mass is 345 g/mol. The molecule has 5 aliphatic carbocycles. The molecule has 6 rings (SSSR count). The summed E-state index contributed by atoms with van der Waals surface area (Å²) in [6.45, 7) is 10.3. The number of nitrogens with zero attached hydrogens (tertiary/aromatic N) is 1. The maximum atomic E-state index is 11.2. The van der Waals surface area contributed by atoms with E-state index in [9.17, 15) is 10.2 Å². The van der Waals surface area contributed by atoms with Gasteiger partial charge in [-0.25, -0.2) is 0 Å². The van der Waals surface area contributed by atoms with E-state index in [0.29, 0.717) is 22.7 Å². The molecular formula is C22H35NO2. The third-order valence-electron chi connectivity index (χ3n) is 9.63. The van der Waals surface area contributed by atoms with Gasteiger partial charge in [0.1, 0.15) is 0 Å². The Kier molecular flexibility index (Phi) is 3.57. The molecule has 0 aromatic heterocycles. The lowest BCUT2D eigenvalue weighted by Crippen LogP contribution is -2.71. The van der Waals surface area contributed by atoms with Crippen molar-refractivity contribution in [3.63, 3.8) is 0 Å². The highest BCUT2D eigenvalue weighted by atomic mass is 16.3. The summed E-state index contributed by atoms with van der Waals surface area (Å²) in [5.41, 5.74) is 2.05. The lowest BCUT2D eigenvalue weighted by molar-refractivity contribution is -0.240. The number of fused-ring (bicyclic) bond motifs is 2. The van der Waals surface area contributed by atoms with Crippen LogP contribution in [0.2, 0.25) is 0 Å². The molecule has 2 N–H and O–H groups in total. The summed E-state index contributed by atoms with van der Waals surface area (Å²) in [7, 11) is 0. The van der Waals surface area contributed by atoms with Crippen LogP contribution in [0.1, 0.15) is 58.3 Å². The zero-order valence-corrected chi connectivity index (χ0v) is 15.8. The molecule has 4 bridgehead atoms. The average molecular weight is 346 g/mol. The molecule has 6 aliphatic rings. The van der Waals surface area contributed by atoms with Gasteiger partial charge in [0, 0.05) is 25.0 Å². The molecule has 1 heterocycles. The lowest BCUT2D eigenvalue weighted by Gasteiger charge is -2.73. The highest BCUT2D eigenvalue weighted by molar-refractivity contribution is 5.27. The van der Waals surface area contributed by atoms with E-state index in [1.807, 2.05) is 0 Å². The van der Waals surface area contributed by atoms with E-state index >= 15 is 0 Å². The molecule has 7 atom stereocenters. The fourth-order valence-corrected chi connectivity index (χ4v) is 8.86. The fourth-order valence-electron chi connectivity index (χ4n) is 8.86. The Bertz CT molecular complexity index is 591. The Morgan fingerprint density at radius 2 is 1.88 bits per heavy atom. The van der Waals surface area contributed by atoms with Gasteiger partial charge in [-0.05, 0) is 79.1 Å². The van der Waals surface area contributed by atoms with Crippen molar-refractivity contribution in [3.8, 4) is 0 Å². The van der Waals surface area contributed by atoms with Gasteiger partial charge in [0.25, 0.3) is 0 Å². The molecule has 3 heteroatoms. The lowest BCUT2D eigenvalue weighted by atomic mass is 9.35. The Morgan fingerprint density at radius 3 is 2.68 bits per heavy atom. The average Bonchev–Trinajstić information content (AvgIpc) is 2.58. The van der Waals surface area contributed by atoms with E-state index in [0.717, 1.165) is 24.6 Å². The predicted octanol–water partition coefficient (Wildman–Crippen LogP) is 3.21. The van der Waals surface area contributed by atoms with Gasteiger partial charge in [0.05, 0.1) is 12.7 Å². The first kappa shape index (κ1) is 16.8. The van der Waals surface area contributed by atoms with E-state index < -0.39 is 0 Å². The van der Waals surface area contributed by atoms with Crippen molar-refractivity contribution in [3.05, 3.63) is 12.2 Å². The largest absolute Gasteiger partial charge is 0.395 e. The van der Waals surface area contributed by atoms with Gasteiger partial charge < -0.3 is 10.2 Å². The number of likely N-dealkylation sites (tertiary alicyclic amines) is 1. The molecule has 0 aromatic rings. The van der Waals surface area contributed by atoms with E-state index in [1.165, 1.54) is 57.9 Å². The third-order valence-corrected chi connectivity index (χ3v) is 9.63. The van der Waals surface area contributed by atoms with Crippen molar-refractivity contribution in [1.82, 2.24) is 4.90 Å². The maximum absolute atomic E-state index is 11.2. The summed E-state index contributed by atoms with van der Waals surface area (Å²) < 4.78 is 0. The van der Waals surface area contributed by atoms with E-state index in [1.54, 1.807) is 0 Å². The highest BCUT2D eigenvalue weighted by Gasteiger charge is 2.69. The van der Waals surface area contributed by atoms with Crippen LogP contribution in [0.15, 0.2) is 12.2 Å². The minimum absolute atomic E-state index is 0.114. The molecule has 0 radical (unpaired) electrons. The summed E-state index contributed by atoms with van der Waals surface area (Å²) in [6.07, 6.45) is 10.0. The van der Waals surface area contributed by atoms with Crippen LogP contribution in [0.25, 0.3) is 0 Å². The van der Waals surface area contributed by atoms with E-state index in [2.05, 4.69) is 18.4 Å². The van der Waals surface area contributed by atoms with Crippen LogP contribution >= 0.6 is 0 Å². The van der Waals surface area contributed by atoms with Crippen molar-refractivity contribution in [2.24, 2.45) is 34.0 Å². The zero-order valence-electron chi connectivity index (χ0n) is 15.8. The van der Waals surface area contributed by atoms with Gasteiger partial charge in [0.15, 0.2) is 0 Å². The maximum Gasteiger partial charge on any atom is 0.0809 e. The van der Waals surface area contributed by atoms with Crippen LogP contribution in [0, 0.1) is 34.0 Å². The molecule has 0 unspecified atom stereocenters. The summed E-state index contributed by atoms with van der Waals surface area (Å²) in [6, 6.07) is 0. The standard InChI is InChI=1S/C22H35NO2/c1-15-16-4-8-21(19(15)25)9-5-17-20(2)6-3-7-22(17,18(21)12-16)14-23(13-20)10-11-24/h16-19,24-25H,1,3-14H2,2H3/t16-,17-,18+,19+,20-,21-,22-/m1/s1. The van der Waals surface area contributed by atoms with Gasteiger partial charge in [-0.15, -0.1) is 0 Å². The summed E-state index contributed by atoms with van der Waals surface area (Å²) in [5.74, 6) is 2.04. The van der Waals surface area contributed by atoms with E-state index in [4.69, 9.17) is 0 Å². The Hall–Kier alpha value is -0.380. The first-order valence-electron chi connectivity index (χ1n) is 10.7. The molecule has 3 nitrogen and oxygen atoms in total. The topological polar surface area (TPSA) is 43.7 Å². The third kappa shape index (κ3) is 1.98. The molecule has 25 heavy (non-hydrogen) atoms. The first-order valence-corrected chi connectivity index (χ1v) is 10.7. The van der Waals surface area contributed by atoms with E-state index in [-0.39, 0.29) is 18.1 Å². The summed E-state index contributed by atoms with van der Waals surface area (Å²) >= 11 is 0. The molecule has 1 aliphatic heterocycles. The SMILES string of the molecule is C=C1[C@@H]2CC[C@]3(CC[C@@H]4[C@]5(C)CCC[C@]4(CN(CCO)C5)[C@H]3C2)[C@H]1O. The summed E-state index contributed by atoms with van der Waals surface area (Å²) in [4.78, 5) is 2.57. The number of hydrogen-bond acceptors (Lipinski definition) is 3. The second-order valence-corrected chi connectivity index (χ2v) is 10.5. The molecule has 0 aromatic carbocycles. The van der Waals surface area contributed by atoms with Gasteiger partial charge in [0.2, 0.25) is 0 Å². The first-order chi connectivity index (χ1) is 12.0. The van der Waals surface area contributed by atoms with Crippen LogP contribution in [0.3, 0.4) is 0 Å². The van der Waals surface area contributed by atoms with Gasteiger partial charge in [-0.1, -0.05) is 19.9 Å². The number of hydrogen-bond donors (Lipinski definition) is 2. The quantitative estimate of drug-likeness (QED) is 0.755. The van der Waals surface area contributed by atoms with Crippen LogP contribution in [-0.2, 0) is 0 Å². The number of aliphatic hydroxyl groups excluding tert-OH is 2. The molecule has 1 saturated heterocycles. The Balaban J connectivity index is 1.59. The van der Waals surface area contributed by atoms with Gasteiger partial charge in [-0.2, -0.15) is 0 Å². The van der Waals surface area contributed by atoms with Crippen LogP contribution in [0.5, 0.6) is 0 Å². The van der Waals surface area contributed by atoms with Crippen molar-refractivity contribution in [2.75, 3.05) is 26.2 Å². The van der Waals surface area contributed by atoms with Gasteiger partial charge in [-0.3, -0.25) is 4.90 Å². The van der Waals surface area contributed by atoms with Crippen LogP contribution in [0.4, 0.5) is 0 Å². The fraction of sp³-hybridized carbons (Fsp3) is 0.909. The second kappa shape index (κ2) is 5.33. The predicted molar refractivity (Wildman–Crippen MR) is 99.1 cm³/mol. The second-order valence-electron chi connectivity index (χ2n) is 10.5. The summed E-state index contributed by atoms with van der Waals surface area (Å²) in [5, 5.41) is 20.8. The Labute approximate surface area is 152 Å². The van der Waals surface area contributed by atoms with Gasteiger partial charge >= 0.3 is 0 Å². The zero-order chi connectivity index (χ0) is 17.4. The van der Waals surface area contributed by atoms with Crippen molar-refractivity contribution >= 4 is 0 Å². The number of rotatable bonds is 2. The molecule has 1 spiro atoms. The number of β-amino-alcohol motifs (C(OH)–C–C–N with tert-alkyl or cyclic N) is 1. The van der Waals surface area contributed by atoms with Crippen LogP contribution < -0.4 is 0 Å². The number of aliphatic hydroxyl groups is 2. The van der Waals surface area contributed by atoms with Crippen LogP contribution in [-0.4, -0.2) is 47.5 Å².